The van der Waals surface area contributed by atoms with Crippen LogP contribution in [0.4, 0.5) is 0 Å². The van der Waals surface area contributed by atoms with Gasteiger partial charge in [-0.1, -0.05) is 0 Å². The Morgan fingerprint density at radius 2 is 1.90 bits per heavy atom. The maximum atomic E-state index is 12.0. The first-order valence-electron chi connectivity index (χ1n) is 6.41. The van der Waals surface area contributed by atoms with Gasteiger partial charge in [-0.2, -0.15) is 0 Å². The Balaban J connectivity index is 2.70. The summed E-state index contributed by atoms with van der Waals surface area (Å²) in [5.41, 5.74) is 1.30. The van der Waals surface area contributed by atoms with Crippen molar-refractivity contribution < 1.29 is 23.9 Å². The maximum absolute atomic E-state index is 12.0. The van der Waals surface area contributed by atoms with Crippen molar-refractivity contribution >= 4 is 23.2 Å². The lowest BCUT2D eigenvalue weighted by atomic mass is 10.1. The molecule has 0 aliphatic heterocycles. The Morgan fingerprint density at radius 3 is 2.48 bits per heavy atom. The van der Waals surface area contributed by atoms with Crippen molar-refractivity contribution in [2.45, 2.75) is 13.8 Å². The molecule has 0 N–H and O–H groups in total. The lowest BCUT2D eigenvalue weighted by Gasteiger charge is -2.03. The van der Waals surface area contributed by atoms with Crippen molar-refractivity contribution in [2.75, 3.05) is 13.7 Å². The molecule has 0 aliphatic carbocycles. The van der Waals surface area contributed by atoms with E-state index in [0.29, 0.717) is 11.1 Å². The molecule has 6 heteroatoms. The minimum absolute atomic E-state index is 0.131. The van der Waals surface area contributed by atoms with Crippen LogP contribution in [0.5, 0.6) is 0 Å². The molecular weight excluding hydrogens is 274 g/mol. The Labute approximate surface area is 121 Å². The normalized spacial score (nSPS) is 10.4. The molecule has 0 amide bonds. The highest BCUT2D eigenvalue weighted by atomic mass is 16.5. The van der Waals surface area contributed by atoms with E-state index in [-0.39, 0.29) is 23.6 Å². The van der Waals surface area contributed by atoms with Crippen molar-refractivity contribution in [3.63, 3.8) is 0 Å². The number of nitrogens with zero attached hydrogens (tertiary/aromatic N) is 1. The van der Waals surface area contributed by atoms with E-state index in [4.69, 9.17) is 9.47 Å². The first kappa shape index (κ1) is 14.8. The van der Waals surface area contributed by atoms with Crippen LogP contribution >= 0.6 is 0 Å². The van der Waals surface area contributed by atoms with Gasteiger partial charge in [0.1, 0.15) is 5.69 Å². The minimum atomic E-state index is -0.573. The second-order valence-corrected chi connectivity index (χ2v) is 4.38. The molecule has 2 heterocycles. The molecule has 21 heavy (non-hydrogen) atoms. The summed E-state index contributed by atoms with van der Waals surface area (Å²) in [5, 5.41) is 0. The molecular formula is C15H15NO5. The van der Waals surface area contributed by atoms with E-state index < -0.39 is 11.9 Å². The fourth-order valence-electron chi connectivity index (χ4n) is 2.05. The van der Waals surface area contributed by atoms with Crippen LogP contribution in [0.3, 0.4) is 0 Å². The number of carbonyl (C=O) groups is 3. The number of esters is 2. The molecule has 6 nitrogen and oxygen atoms in total. The highest BCUT2D eigenvalue weighted by molar-refractivity contribution is 6.03. The molecule has 0 aromatic carbocycles. The number of carbonyl (C=O) groups excluding carboxylic acids is 3. The van der Waals surface area contributed by atoms with Crippen LogP contribution in [0.1, 0.15) is 45.1 Å². The molecule has 110 valence electrons. The topological polar surface area (TPSA) is 74.1 Å². The third-order valence-electron chi connectivity index (χ3n) is 3.07. The zero-order chi connectivity index (χ0) is 15.6. The second-order valence-electron chi connectivity index (χ2n) is 4.38. The summed E-state index contributed by atoms with van der Waals surface area (Å²) in [6, 6.07) is 4.54. The predicted molar refractivity (Wildman–Crippen MR) is 74.7 cm³/mol. The lowest BCUT2D eigenvalue weighted by molar-refractivity contribution is 0.0528. The van der Waals surface area contributed by atoms with E-state index in [9.17, 15) is 14.4 Å². The number of pyridine rings is 1. The van der Waals surface area contributed by atoms with Gasteiger partial charge in [0.05, 0.1) is 24.8 Å². The maximum Gasteiger partial charge on any atom is 0.355 e. The van der Waals surface area contributed by atoms with Gasteiger partial charge in [-0.15, -0.1) is 0 Å². The molecule has 0 radical (unpaired) electrons. The highest BCUT2D eigenvalue weighted by Crippen LogP contribution is 2.21. The number of methoxy groups -OCH3 is 1. The SMILES string of the molecule is CCOC(=O)c1cc(C(=O)OC)n2ccc(C(C)=O)cc12. The van der Waals surface area contributed by atoms with Crippen LogP contribution in [0.2, 0.25) is 0 Å². The Kier molecular flexibility index (Phi) is 4.07. The van der Waals surface area contributed by atoms with Gasteiger partial charge < -0.3 is 13.9 Å². The van der Waals surface area contributed by atoms with Gasteiger partial charge in [0.15, 0.2) is 5.78 Å². The molecule has 0 saturated heterocycles. The van der Waals surface area contributed by atoms with E-state index in [2.05, 4.69) is 0 Å². The molecule has 2 rings (SSSR count). The number of hydrogen-bond acceptors (Lipinski definition) is 5. The standard InChI is InChI=1S/C15H15NO5/c1-4-21-14(18)11-8-13(15(19)20-3)16-6-5-10(9(2)17)7-12(11)16/h5-8H,4H2,1-3H3. The number of ether oxygens (including phenoxy) is 2. The van der Waals surface area contributed by atoms with Crippen molar-refractivity contribution in [3.8, 4) is 0 Å². The Morgan fingerprint density at radius 1 is 1.19 bits per heavy atom. The third-order valence-corrected chi connectivity index (χ3v) is 3.07. The summed E-state index contributed by atoms with van der Waals surface area (Å²) in [6.45, 7) is 3.34. The van der Waals surface area contributed by atoms with Gasteiger partial charge in [-0.05, 0) is 32.0 Å². The number of fused-ring (bicyclic) bond motifs is 1. The van der Waals surface area contributed by atoms with E-state index in [0.717, 1.165) is 0 Å². The lowest BCUT2D eigenvalue weighted by Crippen LogP contribution is -2.05. The van der Waals surface area contributed by atoms with Gasteiger partial charge in [-0.25, -0.2) is 9.59 Å². The van der Waals surface area contributed by atoms with Crippen LogP contribution in [0.25, 0.3) is 5.52 Å². The average molecular weight is 289 g/mol. The van der Waals surface area contributed by atoms with Gasteiger partial charge in [0, 0.05) is 11.8 Å². The summed E-state index contributed by atoms with van der Waals surface area (Å²) in [7, 11) is 1.26. The molecule has 0 spiro atoms. The van der Waals surface area contributed by atoms with Crippen LogP contribution in [0.15, 0.2) is 24.4 Å². The van der Waals surface area contributed by atoms with Crippen molar-refractivity contribution in [2.24, 2.45) is 0 Å². The average Bonchev–Trinajstić information content (AvgIpc) is 2.85. The van der Waals surface area contributed by atoms with Crippen LogP contribution in [0, 0.1) is 0 Å². The summed E-state index contributed by atoms with van der Waals surface area (Å²) in [4.78, 5) is 35.2. The van der Waals surface area contributed by atoms with Crippen LogP contribution in [-0.2, 0) is 9.47 Å². The van der Waals surface area contributed by atoms with Crippen molar-refractivity contribution in [3.05, 3.63) is 41.2 Å². The van der Waals surface area contributed by atoms with Gasteiger partial charge in [0.25, 0.3) is 0 Å². The predicted octanol–water partition coefficient (Wildman–Crippen LogP) is 2.11. The van der Waals surface area contributed by atoms with Gasteiger partial charge >= 0.3 is 11.9 Å². The summed E-state index contributed by atoms with van der Waals surface area (Å²) < 4.78 is 11.2. The minimum Gasteiger partial charge on any atom is -0.464 e. The molecule has 0 unspecified atom stereocenters. The second kappa shape index (κ2) is 5.78. The summed E-state index contributed by atoms with van der Waals surface area (Å²) >= 11 is 0. The first-order valence-corrected chi connectivity index (χ1v) is 6.41. The zero-order valence-corrected chi connectivity index (χ0v) is 12.0. The Hall–Kier alpha value is -2.63. The number of ketones is 1. The number of hydrogen-bond donors (Lipinski definition) is 0. The van der Waals surface area contributed by atoms with E-state index >= 15 is 0 Å². The van der Waals surface area contributed by atoms with Gasteiger partial charge in [-0.3, -0.25) is 4.79 Å². The van der Waals surface area contributed by atoms with Crippen LogP contribution < -0.4 is 0 Å². The molecule has 0 atom stereocenters. The van der Waals surface area contributed by atoms with E-state index in [1.54, 1.807) is 25.3 Å². The van der Waals surface area contributed by atoms with Gasteiger partial charge in [0.2, 0.25) is 0 Å². The molecule has 2 aromatic heterocycles. The molecule has 0 bridgehead atoms. The molecule has 2 aromatic rings. The highest BCUT2D eigenvalue weighted by Gasteiger charge is 2.21. The largest absolute Gasteiger partial charge is 0.464 e. The van der Waals surface area contributed by atoms with Crippen LogP contribution in [-0.4, -0.2) is 35.8 Å². The fourth-order valence-corrected chi connectivity index (χ4v) is 2.05. The van der Waals surface area contributed by atoms with E-state index in [1.165, 1.54) is 24.5 Å². The monoisotopic (exact) mass is 289 g/mol. The zero-order valence-electron chi connectivity index (χ0n) is 12.0. The Bertz CT molecular complexity index is 729. The number of rotatable bonds is 4. The fraction of sp³-hybridized carbons (Fsp3) is 0.267. The third kappa shape index (κ3) is 2.65. The molecule has 0 saturated carbocycles. The summed E-state index contributed by atoms with van der Waals surface area (Å²) in [6.07, 6.45) is 1.56. The molecule has 0 aliphatic rings. The number of Topliss-reactive ketones (excluding diaryl/α,β-unsaturated/α-hetero) is 1. The van der Waals surface area contributed by atoms with Crippen molar-refractivity contribution in [1.82, 2.24) is 4.40 Å². The first-order chi connectivity index (χ1) is 9.99. The molecule has 0 fully saturated rings. The van der Waals surface area contributed by atoms with E-state index in [1.807, 2.05) is 0 Å². The summed E-state index contributed by atoms with van der Waals surface area (Å²) in [5.74, 6) is -1.25. The quantitative estimate of drug-likeness (QED) is 0.636. The smallest absolute Gasteiger partial charge is 0.355 e. The van der Waals surface area contributed by atoms with Crippen molar-refractivity contribution in [1.29, 1.82) is 0 Å². The number of aromatic nitrogens is 1.